The van der Waals surface area contributed by atoms with Crippen LogP contribution in [0.25, 0.3) is 0 Å². The van der Waals surface area contributed by atoms with Gasteiger partial charge in [0.05, 0.1) is 35.1 Å². The summed E-state index contributed by atoms with van der Waals surface area (Å²) in [5, 5.41) is 3.46. The van der Waals surface area contributed by atoms with Crippen molar-refractivity contribution >= 4 is 39.1 Å². The van der Waals surface area contributed by atoms with Crippen molar-refractivity contribution < 1.29 is 27.5 Å². The summed E-state index contributed by atoms with van der Waals surface area (Å²) in [6.45, 7) is 2.13. The van der Waals surface area contributed by atoms with Gasteiger partial charge < -0.3 is 19.7 Å². The molecule has 41 heavy (non-hydrogen) atoms. The molecule has 2 aliphatic rings. The summed E-state index contributed by atoms with van der Waals surface area (Å²) in [5.74, 6) is -0.0754. The second kappa shape index (κ2) is 12.1. The van der Waals surface area contributed by atoms with E-state index < -0.39 is 16.1 Å². The maximum atomic E-state index is 13.5. The van der Waals surface area contributed by atoms with E-state index in [1.165, 1.54) is 30.3 Å². The molecule has 11 heteroatoms. The van der Waals surface area contributed by atoms with Crippen molar-refractivity contribution in [2.75, 3.05) is 18.4 Å². The average molecular weight is 598 g/mol. The van der Waals surface area contributed by atoms with E-state index in [2.05, 4.69) is 10.0 Å². The molecule has 2 amide bonds. The van der Waals surface area contributed by atoms with Crippen LogP contribution in [0.2, 0.25) is 5.02 Å². The third-order valence-electron chi connectivity index (χ3n) is 7.48. The highest BCUT2D eigenvalue weighted by atomic mass is 35.5. The lowest BCUT2D eigenvalue weighted by molar-refractivity contribution is -0.134. The van der Waals surface area contributed by atoms with Gasteiger partial charge in [0, 0.05) is 17.8 Å². The quantitative estimate of drug-likeness (QED) is 0.405. The summed E-state index contributed by atoms with van der Waals surface area (Å²) >= 11 is 5.88. The Bertz CT molecular complexity index is 1520. The van der Waals surface area contributed by atoms with Crippen LogP contribution in [-0.2, 0) is 19.6 Å². The molecule has 0 bridgehead atoms. The molecule has 0 aliphatic carbocycles. The van der Waals surface area contributed by atoms with E-state index in [0.29, 0.717) is 23.6 Å². The number of hydrogen-bond acceptors (Lipinski definition) is 6. The molecule has 9 nitrogen and oxygen atoms in total. The molecule has 0 spiro atoms. The maximum absolute atomic E-state index is 13.5. The van der Waals surface area contributed by atoms with Crippen LogP contribution >= 0.6 is 11.6 Å². The summed E-state index contributed by atoms with van der Waals surface area (Å²) in [5.41, 5.74) is 1.51. The minimum Gasteiger partial charge on any atom is -0.490 e. The molecule has 2 N–H and O–H groups in total. The van der Waals surface area contributed by atoms with Crippen LogP contribution in [0.4, 0.5) is 5.69 Å². The van der Waals surface area contributed by atoms with Crippen LogP contribution in [0.3, 0.4) is 0 Å². The number of ether oxygens (including phenoxy) is 2. The summed E-state index contributed by atoms with van der Waals surface area (Å²) in [6.07, 6.45) is 0.750. The van der Waals surface area contributed by atoms with Crippen LogP contribution in [-0.4, -0.2) is 57.0 Å². The van der Waals surface area contributed by atoms with Gasteiger partial charge in [-0.3, -0.25) is 14.3 Å². The first-order chi connectivity index (χ1) is 19.6. The predicted molar refractivity (Wildman–Crippen MR) is 156 cm³/mol. The summed E-state index contributed by atoms with van der Waals surface area (Å²) < 4.78 is 40.5. The van der Waals surface area contributed by atoms with Crippen LogP contribution < -0.4 is 14.8 Å². The number of amides is 2. The van der Waals surface area contributed by atoms with Crippen LogP contribution in [0.5, 0.6) is 5.75 Å². The molecule has 4 atom stereocenters. The number of carbonyl (C=O) groups excluding carboxylic acids is 2. The normalized spacial score (nSPS) is 21.4. The van der Waals surface area contributed by atoms with Gasteiger partial charge in [-0.2, -0.15) is 0 Å². The standard InChI is InChI=1S/C30H32ClN3O6S/c1-19(20-6-4-3-5-7-20)32-29(35)17-23-11-14-26-28(40-23)18-39-27-15-10-22(16-25(27)30(36)34(26)2)33-41(37,38)24-12-8-21(31)9-13-24/h3-10,12-13,15-16,19,23,26,28,33H,11,14,17-18H2,1-2H3,(H,32,35)/t19-,23+,26+,28+/m0/s1. The fraction of sp³-hybridized carbons (Fsp3) is 0.333. The van der Waals surface area contributed by atoms with Crippen molar-refractivity contribution in [1.82, 2.24) is 10.2 Å². The average Bonchev–Trinajstić information content (AvgIpc) is 2.95. The summed E-state index contributed by atoms with van der Waals surface area (Å²) in [6, 6.07) is 19.8. The Morgan fingerprint density at radius 3 is 2.54 bits per heavy atom. The highest BCUT2D eigenvalue weighted by molar-refractivity contribution is 7.92. The largest absolute Gasteiger partial charge is 0.490 e. The van der Waals surface area contributed by atoms with Crippen molar-refractivity contribution in [2.45, 2.75) is 55.4 Å². The number of rotatable bonds is 7. The number of benzene rings is 3. The van der Waals surface area contributed by atoms with Gasteiger partial charge >= 0.3 is 0 Å². The molecule has 5 rings (SSSR count). The number of likely N-dealkylation sites (N-methyl/N-ethyl adjacent to an activating group) is 1. The number of sulfonamides is 1. The molecule has 1 fully saturated rings. The second-order valence-corrected chi connectivity index (χ2v) is 12.5. The Hall–Kier alpha value is -3.60. The number of hydrogen-bond donors (Lipinski definition) is 2. The zero-order chi connectivity index (χ0) is 29.1. The second-order valence-electron chi connectivity index (χ2n) is 10.3. The van der Waals surface area contributed by atoms with Crippen molar-refractivity contribution in [3.05, 3.63) is 88.9 Å². The smallest absolute Gasteiger partial charge is 0.261 e. The molecule has 1 saturated heterocycles. The monoisotopic (exact) mass is 597 g/mol. The fourth-order valence-corrected chi connectivity index (χ4v) is 6.43. The van der Waals surface area contributed by atoms with Crippen molar-refractivity contribution in [3.8, 4) is 5.75 Å². The van der Waals surface area contributed by atoms with Crippen molar-refractivity contribution in [2.24, 2.45) is 0 Å². The third kappa shape index (κ3) is 6.66. The molecule has 3 aromatic rings. The molecule has 0 saturated carbocycles. The van der Waals surface area contributed by atoms with Crippen molar-refractivity contribution in [1.29, 1.82) is 0 Å². The van der Waals surface area contributed by atoms with E-state index >= 15 is 0 Å². The Kier molecular flexibility index (Phi) is 8.53. The predicted octanol–water partition coefficient (Wildman–Crippen LogP) is 4.79. The van der Waals surface area contributed by atoms with Gasteiger partial charge in [-0.05, 0) is 67.8 Å². The van der Waals surface area contributed by atoms with E-state index in [1.807, 2.05) is 37.3 Å². The SMILES string of the molecule is C[C@H](NC(=O)C[C@H]1CC[C@@H]2[C@@H](COc3ccc(NS(=O)(=O)c4ccc(Cl)cc4)cc3C(=O)N2C)O1)c1ccccc1. The lowest BCUT2D eigenvalue weighted by atomic mass is 9.94. The molecule has 216 valence electrons. The van der Waals surface area contributed by atoms with Crippen LogP contribution in [0, 0.1) is 0 Å². The fourth-order valence-electron chi connectivity index (χ4n) is 5.25. The zero-order valence-corrected chi connectivity index (χ0v) is 24.3. The first-order valence-corrected chi connectivity index (χ1v) is 15.3. The maximum Gasteiger partial charge on any atom is 0.261 e. The number of carbonyl (C=O) groups is 2. The van der Waals surface area contributed by atoms with E-state index in [-0.39, 0.29) is 59.2 Å². The molecular weight excluding hydrogens is 566 g/mol. The third-order valence-corrected chi connectivity index (χ3v) is 9.13. The van der Waals surface area contributed by atoms with E-state index in [0.717, 1.165) is 5.56 Å². The summed E-state index contributed by atoms with van der Waals surface area (Å²) in [4.78, 5) is 27.9. The molecular formula is C30H32ClN3O6S. The number of nitrogens with one attached hydrogen (secondary N) is 2. The zero-order valence-electron chi connectivity index (χ0n) is 22.7. The Morgan fingerprint density at radius 1 is 1.07 bits per heavy atom. The minimum atomic E-state index is -3.89. The highest BCUT2D eigenvalue weighted by Gasteiger charge is 2.39. The van der Waals surface area contributed by atoms with Crippen LogP contribution in [0.1, 0.15) is 48.1 Å². The van der Waals surface area contributed by atoms with E-state index in [1.54, 1.807) is 24.1 Å². The summed E-state index contributed by atoms with van der Waals surface area (Å²) in [7, 11) is -2.18. The lowest BCUT2D eigenvalue weighted by Gasteiger charge is -2.42. The molecule has 0 aromatic heterocycles. The topological polar surface area (TPSA) is 114 Å². The highest BCUT2D eigenvalue weighted by Crippen LogP contribution is 2.33. The van der Waals surface area contributed by atoms with Gasteiger partial charge in [0.2, 0.25) is 5.91 Å². The van der Waals surface area contributed by atoms with E-state index in [9.17, 15) is 18.0 Å². The van der Waals surface area contributed by atoms with E-state index in [4.69, 9.17) is 21.1 Å². The lowest BCUT2D eigenvalue weighted by Crippen LogP contribution is -2.54. The first-order valence-electron chi connectivity index (χ1n) is 13.4. The molecule has 2 heterocycles. The minimum absolute atomic E-state index is 0.0493. The van der Waals surface area contributed by atoms with Crippen molar-refractivity contribution in [3.63, 3.8) is 0 Å². The molecule has 3 aromatic carbocycles. The number of fused-ring (bicyclic) bond motifs is 2. The van der Waals surface area contributed by atoms with Gasteiger partial charge in [0.15, 0.2) is 0 Å². The number of halogens is 1. The molecule has 2 aliphatic heterocycles. The van der Waals surface area contributed by atoms with Crippen LogP contribution in [0.15, 0.2) is 77.7 Å². The van der Waals surface area contributed by atoms with Gasteiger partial charge in [-0.15, -0.1) is 0 Å². The van der Waals surface area contributed by atoms with Gasteiger partial charge in [-0.25, -0.2) is 8.42 Å². The Labute approximate surface area is 244 Å². The number of anilines is 1. The molecule has 0 unspecified atom stereocenters. The molecule has 0 radical (unpaired) electrons. The Morgan fingerprint density at radius 2 is 1.80 bits per heavy atom. The first kappa shape index (κ1) is 28.9. The van der Waals surface area contributed by atoms with Gasteiger partial charge in [-0.1, -0.05) is 41.9 Å². The number of nitrogens with zero attached hydrogens (tertiary/aromatic N) is 1. The van der Waals surface area contributed by atoms with Gasteiger partial charge in [0.1, 0.15) is 18.5 Å². The van der Waals surface area contributed by atoms with Gasteiger partial charge in [0.25, 0.3) is 15.9 Å². The Balaban J connectivity index is 1.25.